The van der Waals surface area contributed by atoms with E-state index >= 15 is 0 Å². The Kier molecular flexibility index (Phi) is 14.0. The molecule has 0 bridgehead atoms. The molecular formula is C32H50N3O4P. The number of carbonyl (C=O) groups is 1. The Balaban J connectivity index is 0.000000211. The molecule has 3 fully saturated rings. The highest BCUT2D eigenvalue weighted by atomic mass is 31.0. The minimum absolute atomic E-state index is 0.165. The highest BCUT2D eigenvalue weighted by molar-refractivity contribution is 7.27. The zero-order valence-electron chi connectivity index (χ0n) is 25.2. The summed E-state index contributed by atoms with van der Waals surface area (Å²) in [6.45, 7) is 16.2. The summed E-state index contributed by atoms with van der Waals surface area (Å²) in [5, 5.41) is 3.37. The third kappa shape index (κ3) is 11.6. The summed E-state index contributed by atoms with van der Waals surface area (Å²) in [5.74, 6) is -0.165. The lowest BCUT2D eigenvalue weighted by atomic mass is 10.1. The van der Waals surface area contributed by atoms with Crippen molar-refractivity contribution in [3.63, 3.8) is 0 Å². The Hall–Kier alpha value is -1.86. The van der Waals surface area contributed by atoms with Crippen LogP contribution in [0.15, 0.2) is 42.5 Å². The van der Waals surface area contributed by atoms with Gasteiger partial charge in [-0.15, -0.1) is 9.24 Å². The maximum Gasteiger partial charge on any atom is 0.319 e. The van der Waals surface area contributed by atoms with Gasteiger partial charge in [-0.25, -0.2) is 0 Å². The quantitative estimate of drug-likeness (QED) is 0.396. The summed E-state index contributed by atoms with van der Waals surface area (Å²) < 4.78 is 10.2. The standard InChI is InChI=1S/C16H29N3O4.C8H11P.C8H10/c1-21-16(20)13-17-6-8-19(9-7-17)23-15-2-5-18(12-15)14-3-10-22-11-4-14;1-6-3-4-8(9)7(2)5-6;1-7-4-3-5-8(2)6-7/h14-15H,2-13H2,1H3;3-5H,9H2,1-2H3;3-6H,1-2H3. The van der Waals surface area contributed by atoms with Crippen molar-refractivity contribution in [3.05, 3.63) is 64.7 Å². The summed E-state index contributed by atoms with van der Waals surface area (Å²) in [4.78, 5) is 22.2. The topological polar surface area (TPSA) is 54.5 Å². The largest absolute Gasteiger partial charge is 0.468 e. The first kappa shape index (κ1) is 32.7. The fourth-order valence-electron chi connectivity index (χ4n) is 5.31. The molecule has 8 heteroatoms. The van der Waals surface area contributed by atoms with Gasteiger partial charge in [0, 0.05) is 58.5 Å². The number of nitrogens with zero attached hydrogens (tertiary/aromatic N) is 3. The van der Waals surface area contributed by atoms with E-state index in [0.29, 0.717) is 18.7 Å². The average molecular weight is 572 g/mol. The van der Waals surface area contributed by atoms with Gasteiger partial charge in [0.15, 0.2) is 0 Å². The number of aryl methyl sites for hydroxylation is 4. The monoisotopic (exact) mass is 571 g/mol. The van der Waals surface area contributed by atoms with Crippen LogP contribution in [0, 0.1) is 27.7 Å². The Morgan fingerprint density at radius 2 is 1.55 bits per heavy atom. The number of esters is 1. The van der Waals surface area contributed by atoms with Crippen molar-refractivity contribution in [3.8, 4) is 0 Å². The second-order valence-corrected chi connectivity index (χ2v) is 11.8. The Bertz CT molecular complexity index is 1020. The normalized spacial score (nSPS) is 20.7. The van der Waals surface area contributed by atoms with Crippen LogP contribution in [-0.4, -0.2) is 99.1 Å². The van der Waals surface area contributed by atoms with Crippen molar-refractivity contribution >= 4 is 20.5 Å². The summed E-state index contributed by atoms with van der Waals surface area (Å²) in [6.07, 6.45) is 3.72. The summed E-state index contributed by atoms with van der Waals surface area (Å²) >= 11 is 0. The molecule has 0 radical (unpaired) electrons. The Morgan fingerprint density at radius 1 is 0.900 bits per heavy atom. The molecule has 5 rings (SSSR count). The Labute approximate surface area is 244 Å². The lowest BCUT2D eigenvalue weighted by molar-refractivity contribution is -0.209. The molecule has 0 spiro atoms. The van der Waals surface area contributed by atoms with E-state index in [1.165, 1.54) is 34.7 Å². The smallest absolute Gasteiger partial charge is 0.319 e. The van der Waals surface area contributed by atoms with Gasteiger partial charge < -0.3 is 9.47 Å². The third-order valence-electron chi connectivity index (χ3n) is 7.69. The first-order chi connectivity index (χ1) is 19.2. The zero-order valence-corrected chi connectivity index (χ0v) is 26.4. The average Bonchev–Trinajstić information content (AvgIpc) is 3.41. The van der Waals surface area contributed by atoms with Crippen molar-refractivity contribution < 1.29 is 19.1 Å². The van der Waals surface area contributed by atoms with Gasteiger partial charge in [0.25, 0.3) is 0 Å². The molecule has 0 aromatic heterocycles. The second-order valence-electron chi connectivity index (χ2n) is 11.2. The van der Waals surface area contributed by atoms with Gasteiger partial charge in [0.2, 0.25) is 0 Å². The molecule has 3 aliphatic rings. The van der Waals surface area contributed by atoms with Gasteiger partial charge in [0.1, 0.15) is 0 Å². The highest BCUT2D eigenvalue weighted by Crippen LogP contribution is 2.22. The summed E-state index contributed by atoms with van der Waals surface area (Å²) in [6, 6.07) is 15.5. The van der Waals surface area contributed by atoms with E-state index in [1.807, 2.05) is 0 Å². The van der Waals surface area contributed by atoms with Gasteiger partial charge in [-0.3, -0.25) is 19.4 Å². The number of hydrogen-bond acceptors (Lipinski definition) is 7. The van der Waals surface area contributed by atoms with Crippen molar-refractivity contribution in [1.29, 1.82) is 0 Å². The SMILES string of the molecule is COC(=O)CN1CCN(OC2CCN(C3CCOCC3)C2)CC1.Cc1ccc(P)c(C)c1.Cc1cccc(C)c1. The van der Waals surface area contributed by atoms with Crippen LogP contribution in [-0.2, 0) is 19.1 Å². The summed E-state index contributed by atoms with van der Waals surface area (Å²) in [5.41, 5.74) is 5.36. The van der Waals surface area contributed by atoms with Crippen LogP contribution in [0.3, 0.4) is 0 Å². The molecule has 3 saturated heterocycles. The number of rotatable bonds is 5. The van der Waals surface area contributed by atoms with E-state index < -0.39 is 0 Å². The van der Waals surface area contributed by atoms with Gasteiger partial charge in [-0.2, -0.15) is 5.06 Å². The fraction of sp³-hybridized carbons (Fsp3) is 0.594. The molecule has 40 heavy (non-hydrogen) atoms. The van der Waals surface area contributed by atoms with Crippen LogP contribution in [0.1, 0.15) is 41.5 Å². The number of benzene rings is 2. The molecule has 0 N–H and O–H groups in total. The van der Waals surface area contributed by atoms with E-state index in [9.17, 15) is 4.79 Å². The number of hydrogen-bond donors (Lipinski definition) is 0. The van der Waals surface area contributed by atoms with Crippen LogP contribution in [0.5, 0.6) is 0 Å². The van der Waals surface area contributed by atoms with Gasteiger partial charge in [0.05, 0.1) is 19.8 Å². The van der Waals surface area contributed by atoms with Crippen LogP contribution in [0.25, 0.3) is 0 Å². The van der Waals surface area contributed by atoms with E-state index in [4.69, 9.17) is 14.3 Å². The number of likely N-dealkylation sites (tertiary alicyclic amines) is 1. The van der Waals surface area contributed by atoms with Gasteiger partial charge >= 0.3 is 5.97 Å². The Morgan fingerprint density at radius 3 is 2.10 bits per heavy atom. The van der Waals surface area contributed by atoms with Crippen molar-refractivity contribution in [2.24, 2.45) is 0 Å². The zero-order chi connectivity index (χ0) is 28.9. The second kappa shape index (κ2) is 17.2. The molecule has 0 aliphatic carbocycles. The minimum Gasteiger partial charge on any atom is -0.468 e. The molecule has 222 valence electrons. The lowest BCUT2D eigenvalue weighted by Crippen LogP contribution is -2.49. The van der Waals surface area contributed by atoms with Crippen molar-refractivity contribution in [1.82, 2.24) is 14.9 Å². The molecule has 0 saturated carbocycles. The molecule has 2 aromatic rings. The molecular weight excluding hydrogens is 521 g/mol. The van der Waals surface area contributed by atoms with E-state index in [0.717, 1.165) is 71.7 Å². The first-order valence-corrected chi connectivity index (χ1v) is 15.2. The van der Waals surface area contributed by atoms with Crippen molar-refractivity contribution in [2.75, 3.05) is 66.1 Å². The number of hydroxylamine groups is 2. The molecule has 2 atom stereocenters. The third-order valence-corrected chi connectivity index (χ3v) is 8.34. The van der Waals surface area contributed by atoms with Gasteiger partial charge in [-0.05, 0) is 57.8 Å². The maximum atomic E-state index is 11.3. The van der Waals surface area contributed by atoms with E-state index in [-0.39, 0.29) is 5.97 Å². The number of carbonyl (C=O) groups excluding carboxylic acids is 1. The molecule has 3 heterocycles. The maximum absolute atomic E-state index is 11.3. The predicted molar refractivity (Wildman–Crippen MR) is 166 cm³/mol. The molecule has 0 amide bonds. The van der Waals surface area contributed by atoms with Crippen LogP contribution >= 0.6 is 9.24 Å². The number of piperazine rings is 1. The van der Waals surface area contributed by atoms with Crippen molar-refractivity contribution in [2.45, 2.75) is 59.1 Å². The summed E-state index contributed by atoms with van der Waals surface area (Å²) in [7, 11) is 4.15. The molecule has 2 unspecified atom stereocenters. The number of ether oxygens (including phenoxy) is 2. The molecule has 2 aromatic carbocycles. The van der Waals surface area contributed by atoms with E-state index in [2.05, 4.69) is 94.3 Å². The van der Waals surface area contributed by atoms with E-state index in [1.54, 1.807) is 0 Å². The molecule has 3 aliphatic heterocycles. The first-order valence-electron chi connectivity index (χ1n) is 14.6. The fourth-order valence-corrected chi connectivity index (χ4v) is 5.49. The number of methoxy groups -OCH3 is 1. The van der Waals surface area contributed by atoms with Crippen LogP contribution < -0.4 is 5.30 Å². The highest BCUT2D eigenvalue weighted by Gasteiger charge is 2.32. The lowest BCUT2D eigenvalue weighted by Gasteiger charge is -2.35. The molecule has 7 nitrogen and oxygen atoms in total. The predicted octanol–water partition coefficient (Wildman–Crippen LogP) is 4.07. The van der Waals surface area contributed by atoms with Crippen LogP contribution in [0.2, 0.25) is 0 Å². The minimum atomic E-state index is -0.165. The van der Waals surface area contributed by atoms with Crippen LogP contribution in [0.4, 0.5) is 0 Å². The van der Waals surface area contributed by atoms with Gasteiger partial charge in [-0.1, -0.05) is 59.2 Å².